The predicted octanol–water partition coefficient (Wildman–Crippen LogP) is 3.80. The Kier molecular flexibility index (Phi) is 5.00. The minimum atomic E-state index is -3.64. The molecular formula is C19H19N3O2S. The van der Waals surface area contributed by atoms with Crippen molar-refractivity contribution in [3.05, 3.63) is 84.1 Å². The fourth-order valence-electron chi connectivity index (χ4n) is 2.34. The van der Waals surface area contributed by atoms with Gasteiger partial charge in [0.15, 0.2) is 0 Å². The van der Waals surface area contributed by atoms with E-state index in [2.05, 4.69) is 15.0 Å². The zero-order valence-electron chi connectivity index (χ0n) is 13.8. The molecule has 0 unspecified atom stereocenters. The second kappa shape index (κ2) is 7.36. The zero-order valence-corrected chi connectivity index (χ0v) is 14.6. The molecule has 6 heteroatoms. The van der Waals surface area contributed by atoms with E-state index in [0.29, 0.717) is 6.54 Å². The van der Waals surface area contributed by atoms with Crippen LogP contribution in [0.4, 0.5) is 11.5 Å². The fraction of sp³-hybridized carbons (Fsp3) is 0.105. The third-order valence-corrected chi connectivity index (χ3v) is 4.99. The van der Waals surface area contributed by atoms with Gasteiger partial charge in [0.2, 0.25) is 0 Å². The van der Waals surface area contributed by atoms with Crippen LogP contribution in [-0.4, -0.2) is 13.4 Å². The Hall–Kier alpha value is -2.86. The van der Waals surface area contributed by atoms with Crippen LogP contribution in [0, 0.1) is 6.92 Å². The quantitative estimate of drug-likeness (QED) is 0.707. The molecule has 0 amide bonds. The van der Waals surface area contributed by atoms with Gasteiger partial charge >= 0.3 is 0 Å². The number of sulfonamides is 1. The maximum absolute atomic E-state index is 12.4. The number of hydrogen-bond donors (Lipinski definition) is 2. The topological polar surface area (TPSA) is 71.1 Å². The predicted molar refractivity (Wildman–Crippen MR) is 100.0 cm³/mol. The average Bonchev–Trinajstić information content (AvgIpc) is 2.62. The van der Waals surface area contributed by atoms with E-state index < -0.39 is 10.0 Å². The van der Waals surface area contributed by atoms with Gasteiger partial charge in [0.05, 0.1) is 16.8 Å². The summed E-state index contributed by atoms with van der Waals surface area (Å²) in [5, 5.41) is 3.25. The van der Waals surface area contributed by atoms with Crippen molar-refractivity contribution in [2.45, 2.75) is 18.4 Å². The number of pyridine rings is 1. The highest BCUT2D eigenvalue weighted by Gasteiger charge is 2.14. The molecule has 5 nitrogen and oxygen atoms in total. The summed E-state index contributed by atoms with van der Waals surface area (Å²) in [6.45, 7) is 2.53. The molecule has 0 fully saturated rings. The molecule has 0 atom stereocenters. The van der Waals surface area contributed by atoms with E-state index in [0.717, 1.165) is 16.8 Å². The van der Waals surface area contributed by atoms with E-state index in [1.807, 2.05) is 43.3 Å². The Balaban J connectivity index is 1.66. The third-order valence-electron chi connectivity index (χ3n) is 3.64. The summed E-state index contributed by atoms with van der Waals surface area (Å²) in [6.07, 6.45) is 1.61. The monoisotopic (exact) mass is 353 g/mol. The molecule has 0 aliphatic carbocycles. The molecule has 128 valence electrons. The van der Waals surface area contributed by atoms with Gasteiger partial charge in [-0.3, -0.25) is 4.72 Å². The lowest BCUT2D eigenvalue weighted by molar-refractivity contribution is 0.601. The van der Waals surface area contributed by atoms with Crippen molar-refractivity contribution < 1.29 is 8.42 Å². The number of rotatable bonds is 6. The van der Waals surface area contributed by atoms with Crippen LogP contribution < -0.4 is 10.0 Å². The molecular weight excluding hydrogens is 334 g/mol. The number of nitrogens with one attached hydrogen (secondary N) is 2. The van der Waals surface area contributed by atoms with Crippen molar-refractivity contribution in [3.63, 3.8) is 0 Å². The van der Waals surface area contributed by atoms with Gasteiger partial charge in [0.1, 0.15) is 5.82 Å². The molecule has 0 saturated heterocycles. The van der Waals surface area contributed by atoms with Crippen LogP contribution in [-0.2, 0) is 16.6 Å². The molecule has 3 aromatic rings. The van der Waals surface area contributed by atoms with E-state index in [1.165, 1.54) is 0 Å². The summed E-state index contributed by atoms with van der Waals surface area (Å²) in [5.74, 6) is 0.284. The Bertz CT molecular complexity index is 940. The van der Waals surface area contributed by atoms with Gasteiger partial charge in [0.25, 0.3) is 10.0 Å². The van der Waals surface area contributed by atoms with Crippen molar-refractivity contribution in [1.82, 2.24) is 4.98 Å². The largest absolute Gasteiger partial charge is 0.380 e. The molecule has 0 aliphatic heterocycles. The molecule has 0 aliphatic rings. The van der Waals surface area contributed by atoms with E-state index in [9.17, 15) is 8.42 Å². The first-order valence-electron chi connectivity index (χ1n) is 7.86. The van der Waals surface area contributed by atoms with Gasteiger partial charge in [0, 0.05) is 6.54 Å². The molecule has 2 aromatic carbocycles. The van der Waals surface area contributed by atoms with Gasteiger partial charge in [-0.15, -0.1) is 0 Å². The summed E-state index contributed by atoms with van der Waals surface area (Å²) in [5.41, 5.74) is 2.87. The Morgan fingerprint density at radius 1 is 0.960 bits per heavy atom. The van der Waals surface area contributed by atoms with Gasteiger partial charge < -0.3 is 5.32 Å². The van der Waals surface area contributed by atoms with Crippen LogP contribution in [0.2, 0.25) is 0 Å². The van der Waals surface area contributed by atoms with Crippen LogP contribution >= 0.6 is 0 Å². The lowest BCUT2D eigenvalue weighted by atomic mass is 10.2. The smallest absolute Gasteiger partial charge is 0.263 e. The second-order valence-electron chi connectivity index (χ2n) is 5.69. The first kappa shape index (κ1) is 17.0. The molecule has 0 saturated carbocycles. The van der Waals surface area contributed by atoms with E-state index in [4.69, 9.17) is 0 Å². The number of aromatic nitrogens is 1. The van der Waals surface area contributed by atoms with Gasteiger partial charge in [-0.2, -0.15) is 0 Å². The highest BCUT2D eigenvalue weighted by Crippen LogP contribution is 2.17. The first-order chi connectivity index (χ1) is 12.0. The normalized spacial score (nSPS) is 11.1. The lowest BCUT2D eigenvalue weighted by Gasteiger charge is -2.10. The molecule has 3 rings (SSSR count). The Morgan fingerprint density at radius 2 is 1.76 bits per heavy atom. The highest BCUT2D eigenvalue weighted by atomic mass is 32.2. The summed E-state index contributed by atoms with van der Waals surface area (Å²) < 4.78 is 27.3. The summed E-state index contributed by atoms with van der Waals surface area (Å²) >= 11 is 0. The van der Waals surface area contributed by atoms with Crippen LogP contribution in [0.5, 0.6) is 0 Å². The van der Waals surface area contributed by atoms with Crippen molar-refractivity contribution in [3.8, 4) is 0 Å². The summed E-state index contributed by atoms with van der Waals surface area (Å²) in [6, 6.07) is 20.2. The van der Waals surface area contributed by atoms with Crippen LogP contribution in [0.25, 0.3) is 0 Å². The number of nitrogens with zero attached hydrogens (tertiary/aromatic N) is 1. The maximum atomic E-state index is 12.4. The van der Waals surface area contributed by atoms with Crippen LogP contribution in [0.1, 0.15) is 11.1 Å². The second-order valence-corrected chi connectivity index (χ2v) is 7.38. The Labute approximate surface area is 147 Å². The molecule has 0 spiro atoms. The molecule has 1 aromatic heterocycles. The molecule has 0 bridgehead atoms. The SMILES string of the molecule is Cc1cccc(S(=O)(=O)Nc2ccc(NCc3ccccc3)cn2)c1. The minimum absolute atomic E-state index is 0.223. The summed E-state index contributed by atoms with van der Waals surface area (Å²) in [7, 11) is -3.64. The highest BCUT2D eigenvalue weighted by molar-refractivity contribution is 7.92. The van der Waals surface area contributed by atoms with Crippen molar-refractivity contribution in [1.29, 1.82) is 0 Å². The number of hydrogen-bond acceptors (Lipinski definition) is 4. The zero-order chi connectivity index (χ0) is 17.7. The number of anilines is 2. The average molecular weight is 353 g/mol. The van der Waals surface area contributed by atoms with Crippen molar-refractivity contribution >= 4 is 21.5 Å². The van der Waals surface area contributed by atoms with Gasteiger partial charge in [-0.05, 0) is 42.3 Å². The molecule has 0 radical (unpaired) electrons. The molecule has 2 N–H and O–H groups in total. The molecule has 1 heterocycles. The van der Waals surface area contributed by atoms with Gasteiger partial charge in [-0.25, -0.2) is 13.4 Å². The van der Waals surface area contributed by atoms with Crippen molar-refractivity contribution in [2.24, 2.45) is 0 Å². The number of aryl methyl sites for hydroxylation is 1. The molecule has 25 heavy (non-hydrogen) atoms. The van der Waals surface area contributed by atoms with E-state index in [-0.39, 0.29) is 10.7 Å². The first-order valence-corrected chi connectivity index (χ1v) is 9.35. The van der Waals surface area contributed by atoms with Gasteiger partial charge in [-0.1, -0.05) is 42.5 Å². The van der Waals surface area contributed by atoms with Crippen LogP contribution in [0.15, 0.2) is 77.8 Å². The minimum Gasteiger partial charge on any atom is -0.380 e. The maximum Gasteiger partial charge on any atom is 0.263 e. The summed E-state index contributed by atoms with van der Waals surface area (Å²) in [4.78, 5) is 4.39. The van der Waals surface area contributed by atoms with E-state index in [1.54, 1.807) is 36.5 Å². The lowest BCUT2D eigenvalue weighted by Crippen LogP contribution is -2.14. The Morgan fingerprint density at radius 3 is 2.44 bits per heavy atom. The number of benzene rings is 2. The van der Waals surface area contributed by atoms with Crippen LogP contribution in [0.3, 0.4) is 0 Å². The third kappa shape index (κ3) is 4.58. The van der Waals surface area contributed by atoms with E-state index >= 15 is 0 Å². The fourth-order valence-corrected chi connectivity index (χ4v) is 3.45. The standard InChI is InChI=1S/C19H19N3O2S/c1-15-6-5-9-18(12-15)25(23,24)22-19-11-10-17(14-21-19)20-13-16-7-3-2-4-8-16/h2-12,14,20H,13H2,1H3,(H,21,22). The van der Waals surface area contributed by atoms with Crippen molar-refractivity contribution in [2.75, 3.05) is 10.0 Å².